The van der Waals surface area contributed by atoms with Gasteiger partial charge in [-0.2, -0.15) is 0 Å². The minimum Gasteiger partial charge on any atom is -0.497 e. The van der Waals surface area contributed by atoms with Crippen LogP contribution in [0, 0.1) is 5.82 Å². The maximum atomic E-state index is 13.3. The van der Waals surface area contributed by atoms with Crippen molar-refractivity contribution in [1.29, 1.82) is 0 Å². The smallest absolute Gasteiger partial charge is 0.132 e. The van der Waals surface area contributed by atoms with E-state index < -0.39 is 11.9 Å². The Morgan fingerprint density at radius 3 is 2.79 bits per heavy atom. The topological polar surface area (TPSA) is 55.5 Å². The number of ether oxygens (including phenoxy) is 1. The first-order valence-corrected chi connectivity index (χ1v) is 4.40. The first-order chi connectivity index (χ1) is 6.69. The molecule has 0 saturated heterocycles. The number of rotatable bonds is 4. The monoisotopic (exact) mass is 199 g/mol. The van der Waals surface area contributed by atoms with Crippen LogP contribution in [0.1, 0.15) is 18.1 Å². The fraction of sp³-hybridized carbons (Fsp3) is 0.400. The Kier molecular flexibility index (Phi) is 3.85. The van der Waals surface area contributed by atoms with Gasteiger partial charge in [-0.1, -0.05) is 0 Å². The van der Waals surface area contributed by atoms with Crippen molar-refractivity contribution in [1.82, 2.24) is 0 Å². The molecule has 0 spiro atoms. The predicted molar refractivity (Wildman–Crippen MR) is 51.6 cm³/mol. The highest BCUT2D eigenvalue weighted by Gasteiger charge is 2.12. The van der Waals surface area contributed by atoms with E-state index in [0.717, 1.165) is 0 Å². The van der Waals surface area contributed by atoms with E-state index >= 15 is 0 Å². The molecule has 0 aliphatic heterocycles. The highest BCUT2D eigenvalue weighted by Crippen LogP contribution is 2.23. The van der Waals surface area contributed by atoms with Crippen molar-refractivity contribution in [3.8, 4) is 5.75 Å². The van der Waals surface area contributed by atoms with Gasteiger partial charge < -0.3 is 15.6 Å². The van der Waals surface area contributed by atoms with E-state index in [-0.39, 0.29) is 5.56 Å². The standard InChI is InChI=1S/C10H14FNO2/c1-14-7-2-3-8(9(11)6-7)10(13)4-5-12/h2-3,6,10,13H,4-5,12H2,1H3/t10-/m1/s1. The molecule has 3 nitrogen and oxygen atoms in total. The summed E-state index contributed by atoms with van der Waals surface area (Å²) in [5, 5.41) is 9.50. The number of benzene rings is 1. The summed E-state index contributed by atoms with van der Waals surface area (Å²) in [6.07, 6.45) is -0.491. The van der Waals surface area contributed by atoms with Crippen LogP contribution in [0.25, 0.3) is 0 Å². The van der Waals surface area contributed by atoms with Gasteiger partial charge in [0.25, 0.3) is 0 Å². The average Bonchev–Trinajstić information content (AvgIpc) is 2.17. The number of hydrogen-bond donors (Lipinski definition) is 2. The molecule has 3 N–H and O–H groups in total. The minimum atomic E-state index is -0.842. The Labute approximate surface area is 82.3 Å². The van der Waals surface area contributed by atoms with Crippen LogP contribution in [0.4, 0.5) is 4.39 Å². The van der Waals surface area contributed by atoms with E-state index in [1.807, 2.05) is 0 Å². The molecule has 1 rings (SSSR count). The summed E-state index contributed by atoms with van der Waals surface area (Å²) >= 11 is 0. The molecule has 0 aromatic heterocycles. The number of halogens is 1. The van der Waals surface area contributed by atoms with Gasteiger partial charge in [0.15, 0.2) is 0 Å². The molecular formula is C10H14FNO2. The molecule has 0 radical (unpaired) electrons. The maximum Gasteiger partial charge on any atom is 0.132 e. The first-order valence-electron chi connectivity index (χ1n) is 4.40. The number of aliphatic hydroxyl groups excluding tert-OH is 1. The highest BCUT2D eigenvalue weighted by atomic mass is 19.1. The molecule has 1 aromatic rings. The van der Waals surface area contributed by atoms with Crippen LogP contribution in [-0.2, 0) is 0 Å². The molecule has 0 bridgehead atoms. The molecule has 0 unspecified atom stereocenters. The molecule has 0 amide bonds. The van der Waals surface area contributed by atoms with Gasteiger partial charge in [-0.25, -0.2) is 4.39 Å². The second kappa shape index (κ2) is 4.93. The van der Waals surface area contributed by atoms with Crippen molar-refractivity contribution in [2.45, 2.75) is 12.5 Å². The third kappa shape index (κ3) is 2.43. The van der Waals surface area contributed by atoms with Gasteiger partial charge >= 0.3 is 0 Å². The second-order valence-corrected chi connectivity index (χ2v) is 2.98. The SMILES string of the molecule is COc1ccc([C@H](O)CCN)c(F)c1. The van der Waals surface area contributed by atoms with Crippen LogP contribution in [0.5, 0.6) is 5.75 Å². The lowest BCUT2D eigenvalue weighted by molar-refractivity contribution is 0.165. The Hall–Kier alpha value is -1.13. The summed E-state index contributed by atoms with van der Waals surface area (Å²) in [6.45, 7) is 0.326. The Balaban J connectivity index is 2.88. The van der Waals surface area contributed by atoms with E-state index in [1.165, 1.54) is 19.2 Å². The van der Waals surface area contributed by atoms with Crippen molar-refractivity contribution >= 4 is 0 Å². The molecule has 78 valence electrons. The molecule has 0 aliphatic rings. The molecular weight excluding hydrogens is 185 g/mol. The number of methoxy groups -OCH3 is 1. The summed E-state index contributed by atoms with van der Waals surface area (Å²) in [4.78, 5) is 0. The molecule has 0 saturated carbocycles. The zero-order valence-corrected chi connectivity index (χ0v) is 8.03. The van der Waals surface area contributed by atoms with E-state index in [9.17, 15) is 9.50 Å². The van der Waals surface area contributed by atoms with E-state index in [0.29, 0.717) is 18.7 Å². The van der Waals surface area contributed by atoms with Crippen molar-refractivity contribution in [3.05, 3.63) is 29.6 Å². The maximum absolute atomic E-state index is 13.3. The Morgan fingerprint density at radius 2 is 2.29 bits per heavy atom. The van der Waals surface area contributed by atoms with Gasteiger partial charge in [0, 0.05) is 11.6 Å². The Morgan fingerprint density at radius 1 is 1.57 bits per heavy atom. The van der Waals surface area contributed by atoms with Crippen LogP contribution < -0.4 is 10.5 Å². The van der Waals surface area contributed by atoms with Crippen LogP contribution in [0.15, 0.2) is 18.2 Å². The first kappa shape index (κ1) is 10.9. The lowest BCUT2D eigenvalue weighted by atomic mass is 10.1. The van der Waals surface area contributed by atoms with Crippen molar-refractivity contribution in [2.24, 2.45) is 5.73 Å². The zero-order chi connectivity index (χ0) is 10.6. The summed E-state index contributed by atoms with van der Waals surface area (Å²) in [6, 6.07) is 4.36. The van der Waals surface area contributed by atoms with Gasteiger partial charge in [-0.05, 0) is 25.1 Å². The van der Waals surface area contributed by atoms with E-state index in [1.54, 1.807) is 6.07 Å². The molecule has 0 fully saturated rings. The van der Waals surface area contributed by atoms with Gasteiger partial charge in [0.05, 0.1) is 13.2 Å². The van der Waals surface area contributed by atoms with Gasteiger partial charge in [-0.3, -0.25) is 0 Å². The summed E-state index contributed by atoms with van der Waals surface area (Å²) in [5.74, 6) is -0.0310. The molecule has 4 heteroatoms. The largest absolute Gasteiger partial charge is 0.497 e. The van der Waals surface area contributed by atoms with E-state index in [2.05, 4.69) is 0 Å². The fourth-order valence-electron chi connectivity index (χ4n) is 1.22. The summed E-state index contributed by atoms with van der Waals surface area (Å²) in [7, 11) is 1.46. The van der Waals surface area contributed by atoms with Crippen molar-refractivity contribution in [2.75, 3.05) is 13.7 Å². The van der Waals surface area contributed by atoms with Gasteiger partial charge in [0.2, 0.25) is 0 Å². The second-order valence-electron chi connectivity index (χ2n) is 2.98. The normalized spacial score (nSPS) is 12.6. The highest BCUT2D eigenvalue weighted by molar-refractivity contribution is 5.30. The van der Waals surface area contributed by atoms with Gasteiger partial charge in [-0.15, -0.1) is 0 Å². The van der Waals surface area contributed by atoms with E-state index in [4.69, 9.17) is 10.5 Å². The Bertz CT molecular complexity index is 304. The van der Waals surface area contributed by atoms with Crippen LogP contribution in [0.3, 0.4) is 0 Å². The number of nitrogens with two attached hydrogens (primary N) is 1. The quantitative estimate of drug-likeness (QED) is 0.766. The zero-order valence-electron chi connectivity index (χ0n) is 8.03. The predicted octanol–water partition coefficient (Wildman–Crippen LogP) is 1.22. The summed E-state index contributed by atoms with van der Waals surface area (Å²) in [5.41, 5.74) is 5.53. The molecule has 14 heavy (non-hydrogen) atoms. The molecule has 0 aliphatic carbocycles. The molecule has 1 atom stereocenters. The minimum absolute atomic E-state index is 0.260. The lowest BCUT2D eigenvalue weighted by Crippen LogP contribution is -2.08. The molecule has 0 heterocycles. The van der Waals surface area contributed by atoms with Crippen molar-refractivity contribution in [3.63, 3.8) is 0 Å². The average molecular weight is 199 g/mol. The van der Waals surface area contributed by atoms with Crippen LogP contribution in [0.2, 0.25) is 0 Å². The van der Waals surface area contributed by atoms with Crippen molar-refractivity contribution < 1.29 is 14.2 Å². The van der Waals surface area contributed by atoms with Crippen LogP contribution >= 0.6 is 0 Å². The molecule has 1 aromatic carbocycles. The number of aliphatic hydroxyl groups is 1. The van der Waals surface area contributed by atoms with Gasteiger partial charge in [0.1, 0.15) is 11.6 Å². The third-order valence-electron chi connectivity index (χ3n) is 2.01. The lowest BCUT2D eigenvalue weighted by Gasteiger charge is -2.11. The summed E-state index contributed by atoms with van der Waals surface area (Å²) < 4.78 is 18.2. The fourth-order valence-corrected chi connectivity index (χ4v) is 1.22. The number of hydrogen-bond acceptors (Lipinski definition) is 3. The third-order valence-corrected chi connectivity index (χ3v) is 2.01. The van der Waals surface area contributed by atoms with Crippen LogP contribution in [-0.4, -0.2) is 18.8 Å².